The van der Waals surface area contributed by atoms with E-state index in [0.29, 0.717) is 30.7 Å². The summed E-state index contributed by atoms with van der Waals surface area (Å²) in [6.07, 6.45) is 2.78. The lowest BCUT2D eigenvalue weighted by molar-refractivity contribution is -0.132. The fourth-order valence-corrected chi connectivity index (χ4v) is 5.65. The Bertz CT molecular complexity index is 994. The molecule has 0 radical (unpaired) electrons. The van der Waals surface area contributed by atoms with Gasteiger partial charge in [-0.15, -0.1) is 0 Å². The van der Waals surface area contributed by atoms with Gasteiger partial charge in [-0.2, -0.15) is 0 Å². The second-order valence-electron chi connectivity index (χ2n) is 9.40. The van der Waals surface area contributed by atoms with Crippen LogP contribution in [-0.4, -0.2) is 65.6 Å². The number of benzene rings is 2. The summed E-state index contributed by atoms with van der Waals surface area (Å²) in [4.78, 5) is 28.7. The van der Waals surface area contributed by atoms with Crippen LogP contribution in [0.1, 0.15) is 48.5 Å². The van der Waals surface area contributed by atoms with Crippen LogP contribution in [0.4, 0.5) is 0 Å². The molecule has 170 valence electrons. The van der Waals surface area contributed by atoms with Crippen LogP contribution in [0.25, 0.3) is 0 Å². The van der Waals surface area contributed by atoms with E-state index in [2.05, 4.69) is 4.90 Å². The van der Waals surface area contributed by atoms with Gasteiger partial charge in [-0.05, 0) is 69.1 Å². The molecule has 1 amide bonds. The lowest BCUT2D eigenvalue weighted by atomic mass is 9.55. The standard InChI is InChI=1S/C26H32N2O4/c1-19(29)32-23-11-7-10-21(16-23)25-14-15-27(2)18-26(25,31)13-12-22(17-25)28(3)24(30)20-8-5-4-6-9-20/h4-11,16,22,31H,12-15,17-18H2,1-3H3/t22-,25?,26?/m0/s1. The van der Waals surface area contributed by atoms with Crippen LogP contribution in [0.15, 0.2) is 54.6 Å². The minimum atomic E-state index is -0.915. The first-order valence-corrected chi connectivity index (χ1v) is 11.3. The summed E-state index contributed by atoms with van der Waals surface area (Å²) in [5.74, 6) is 0.118. The summed E-state index contributed by atoms with van der Waals surface area (Å²) in [5, 5.41) is 11.9. The number of hydrogen-bond donors (Lipinski definition) is 1. The van der Waals surface area contributed by atoms with E-state index >= 15 is 0 Å². The molecule has 3 atom stereocenters. The first-order valence-electron chi connectivity index (χ1n) is 11.3. The highest BCUT2D eigenvalue weighted by Gasteiger charge is 2.57. The smallest absolute Gasteiger partial charge is 0.308 e. The van der Waals surface area contributed by atoms with Gasteiger partial charge in [0.25, 0.3) is 5.91 Å². The van der Waals surface area contributed by atoms with E-state index in [1.54, 1.807) is 6.07 Å². The van der Waals surface area contributed by atoms with Gasteiger partial charge in [0.2, 0.25) is 0 Å². The number of β-amino-alcohol motifs (C(OH)–C–C–N with tert-alkyl or cyclic N) is 1. The van der Waals surface area contributed by atoms with Gasteiger partial charge in [0.05, 0.1) is 5.60 Å². The maximum atomic E-state index is 13.1. The second-order valence-corrected chi connectivity index (χ2v) is 9.40. The number of likely N-dealkylation sites (tertiary alicyclic amines) is 1. The second kappa shape index (κ2) is 8.68. The zero-order valence-corrected chi connectivity index (χ0v) is 19.1. The molecule has 6 heteroatoms. The first kappa shape index (κ1) is 22.5. The van der Waals surface area contributed by atoms with E-state index in [-0.39, 0.29) is 17.9 Å². The zero-order valence-electron chi connectivity index (χ0n) is 19.1. The van der Waals surface area contributed by atoms with Crippen LogP contribution in [-0.2, 0) is 10.2 Å². The van der Waals surface area contributed by atoms with Crippen LogP contribution in [0.3, 0.4) is 0 Å². The van der Waals surface area contributed by atoms with Gasteiger partial charge in [0, 0.05) is 37.5 Å². The van der Waals surface area contributed by atoms with Gasteiger partial charge in [-0.1, -0.05) is 30.3 Å². The van der Waals surface area contributed by atoms with Crippen molar-refractivity contribution in [1.82, 2.24) is 9.80 Å². The molecule has 32 heavy (non-hydrogen) atoms. The molecule has 1 saturated heterocycles. The van der Waals surface area contributed by atoms with Crippen molar-refractivity contribution in [3.05, 3.63) is 65.7 Å². The van der Waals surface area contributed by atoms with Crippen molar-refractivity contribution in [1.29, 1.82) is 0 Å². The van der Waals surface area contributed by atoms with E-state index in [9.17, 15) is 14.7 Å². The molecular weight excluding hydrogens is 404 g/mol. The fourth-order valence-electron chi connectivity index (χ4n) is 5.65. The molecule has 1 aliphatic carbocycles. The Hall–Kier alpha value is -2.70. The number of carbonyl (C=O) groups excluding carboxylic acids is 2. The molecule has 2 aromatic rings. The van der Waals surface area contributed by atoms with Gasteiger partial charge < -0.3 is 19.6 Å². The van der Waals surface area contributed by atoms with Crippen molar-refractivity contribution < 1.29 is 19.4 Å². The Labute approximate surface area is 189 Å². The number of amides is 1. The largest absolute Gasteiger partial charge is 0.427 e. The topological polar surface area (TPSA) is 70.1 Å². The molecule has 0 spiro atoms. The summed E-state index contributed by atoms with van der Waals surface area (Å²) in [6, 6.07) is 16.9. The lowest BCUT2D eigenvalue weighted by Gasteiger charge is -2.58. The number of nitrogens with zero attached hydrogens (tertiary/aromatic N) is 2. The number of rotatable bonds is 4. The number of esters is 1. The molecule has 2 aromatic carbocycles. The Morgan fingerprint density at radius 3 is 2.59 bits per heavy atom. The molecule has 1 saturated carbocycles. The van der Waals surface area contributed by atoms with Crippen LogP contribution >= 0.6 is 0 Å². The average molecular weight is 437 g/mol. The predicted molar refractivity (Wildman–Crippen MR) is 123 cm³/mol. The van der Waals surface area contributed by atoms with Crippen LogP contribution in [0.5, 0.6) is 5.75 Å². The Morgan fingerprint density at radius 2 is 1.88 bits per heavy atom. The van der Waals surface area contributed by atoms with E-state index in [0.717, 1.165) is 24.9 Å². The third kappa shape index (κ3) is 4.05. The van der Waals surface area contributed by atoms with E-state index < -0.39 is 11.0 Å². The van der Waals surface area contributed by atoms with Crippen molar-refractivity contribution in [2.45, 2.75) is 49.7 Å². The third-order valence-electron chi connectivity index (χ3n) is 7.35. The Kier molecular flexibility index (Phi) is 6.10. The highest BCUT2D eigenvalue weighted by atomic mass is 16.5. The molecule has 4 rings (SSSR count). The number of ether oxygens (including phenoxy) is 1. The van der Waals surface area contributed by atoms with Crippen molar-refractivity contribution in [3.8, 4) is 5.75 Å². The molecule has 6 nitrogen and oxygen atoms in total. The van der Waals surface area contributed by atoms with Gasteiger partial charge in [0.1, 0.15) is 5.75 Å². The molecule has 1 N–H and O–H groups in total. The molecule has 1 heterocycles. The SMILES string of the molecule is CC(=O)Oc1cccc(C23CCN(C)CC2(O)CC[C@H](N(C)C(=O)c2ccccc2)C3)c1. The van der Waals surface area contributed by atoms with E-state index in [4.69, 9.17) is 4.74 Å². The highest BCUT2D eigenvalue weighted by molar-refractivity contribution is 5.94. The zero-order chi connectivity index (χ0) is 22.9. The number of fused-ring (bicyclic) bond motifs is 1. The molecule has 2 aliphatic rings. The van der Waals surface area contributed by atoms with E-state index in [1.807, 2.05) is 67.5 Å². The van der Waals surface area contributed by atoms with Crippen molar-refractivity contribution in [3.63, 3.8) is 0 Å². The van der Waals surface area contributed by atoms with E-state index in [1.165, 1.54) is 6.92 Å². The predicted octanol–water partition coefficient (Wildman–Crippen LogP) is 3.24. The molecule has 2 unspecified atom stereocenters. The number of hydrogen-bond acceptors (Lipinski definition) is 5. The molecule has 2 fully saturated rings. The number of likely N-dealkylation sites (N-methyl/N-ethyl adjacent to an activating group) is 1. The number of piperidine rings is 1. The Morgan fingerprint density at radius 1 is 1.12 bits per heavy atom. The van der Waals surface area contributed by atoms with Gasteiger partial charge in [0.15, 0.2) is 0 Å². The molecule has 0 aromatic heterocycles. The highest BCUT2D eigenvalue weighted by Crippen LogP contribution is 2.52. The van der Waals surface area contributed by atoms with Crippen LogP contribution < -0.4 is 4.74 Å². The van der Waals surface area contributed by atoms with Crippen LogP contribution in [0, 0.1) is 0 Å². The maximum absolute atomic E-state index is 13.1. The third-order valence-corrected chi connectivity index (χ3v) is 7.35. The van der Waals surface area contributed by atoms with Crippen molar-refractivity contribution in [2.75, 3.05) is 27.2 Å². The molecular formula is C26H32N2O4. The van der Waals surface area contributed by atoms with Gasteiger partial charge in [-0.3, -0.25) is 9.59 Å². The Balaban J connectivity index is 1.69. The first-order chi connectivity index (χ1) is 15.2. The summed E-state index contributed by atoms with van der Waals surface area (Å²) < 4.78 is 5.35. The summed E-state index contributed by atoms with van der Waals surface area (Å²) >= 11 is 0. The summed E-state index contributed by atoms with van der Waals surface area (Å²) in [5.41, 5.74) is 0.202. The van der Waals surface area contributed by atoms with Crippen LogP contribution in [0.2, 0.25) is 0 Å². The quantitative estimate of drug-likeness (QED) is 0.589. The average Bonchev–Trinajstić information content (AvgIpc) is 2.78. The van der Waals surface area contributed by atoms with Gasteiger partial charge in [-0.25, -0.2) is 0 Å². The molecule has 0 bridgehead atoms. The number of aliphatic hydroxyl groups is 1. The minimum Gasteiger partial charge on any atom is -0.427 e. The number of carbonyl (C=O) groups is 2. The normalized spacial score (nSPS) is 27.9. The minimum absolute atomic E-state index is 0.00205. The maximum Gasteiger partial charge on any atom is 0.308 e. The van der Waals surface area contributed by atoms with Crippen molar-refractivity contribution >= 4 is 11.9 Å². The monoisotopic (exact) mass is 436 g/mol. The lowest BCUT2D eigenvalue weighted by Crippen LogP contribution is -2.66. The fraction of sp³-hybridized carbons (Fsp3) is 0.462. The van der Waals surface area contributed by atoms with Gasteiger partial charge >= 0.3 is 5.97 Å². The summed E-state index contributed by atoms with van der Waals surface area (Å²) in [7, 11) is 3.90. The van der Waals surface area contributed by atoms with Crippen molar-refractivity contribution in [2.24, 2.45) is 0 Å². The molecule has 1 aliphatic heterocycles. The summed E-state index contributed by atoms with van der Waals surface area (Å²) in [6.45, 7) is 2.81.